The summed E-state index contributed by atoms with van der Waals surface area (Å²) in [7, 11) is 1.78. The fourth-order valence-corrected chi connectivity index (χ4v) is 3.55. The lowest BCUT2D eigenvalue weighted by molar-refractivity contribution is -0.192. The zero-order valence-corrected chi connectivity index (χ0v) is 15.1. The fourth-order valence-electron chi connectivity index (χ4n) is 3.55. The molecule has 0 aliphatic carbocycles. The van der Waals surface area contributed by atoms with E-state index in [1.54, 1.807) is 19.5 Å². The van der Waals surface area contributed by atoms with E-state index in [2.05, 4.69) is 14.9 Å². The molecule has 1 unspecified atom stereocenters. The Morgan fingerprint density at radius 2 is 1.96 bits per heavy atom. The number of methoxy groups -OCH3 is 1. The number of nitrogens with zero attached hydrogens (tertiary/aromatic N) is 3. The molecule has 1 N–H and O–H groups in total. The third-order valence-electron chi connectivity index (χ3n) is 4.96. The molecule has 3 rings (SSSR count). The van der Waals surface area contributed by atoms with Crippen molar-refractivity contribution < 1.29 is 32.5 Å². The number of aliphatic carboxylic acids is 1. The van der Waals surface area contributed by atoms with E-state index in [1.165, 1.54) is 6.42 Å². The van der Waals surface area contributed by atoms with Crippen molar-refractivity contribution in [3.05, 3.63) is 18.5 Å². The van der Waals surface area contributed by atoms with E-state index in [0.717, 1.165) is 51.5 Å². The van der Waals surface area contributed by atoms with Gasteiger partial charge in [-0.25, -0.2) is 14.8 Å². The van der Waals surface area contributed by atoms with Crippen molar-refractivity contribution in [3.63, 3.8) is 0 Å². The Kier molecular flexibility index (Phi) is 7.37. The zero-order chi connectivity index (χ0) is 19.9. The van der Waals surface area contributed by atoms with Gasteiger partial charge in [0.2, 0.25) is 5.95 Å². The molecule has 0 radical (unpaired) electrons. The molecule has 2 saturated heterocycles. The third-order valence-corrected chi connectivity index (χ3v) is 4.96. The number of hydrogen-bond donors (Lipinski definition) is 1. The lowest BCUT2D eigenvalue weighted by Gasteiger charge is -2.42. The van der Waals surface area contributed by atoms with Gasteiger partial charge in [0.1, 0.15) is 0 Å². The van der Waals surface area contributed by atoms with Gasteiger partial charge in [-0.15, -0.1) is 0 Å². The topological polar surface area (TPSA) is 84.8 Å². The van der Waals surface area contributed by atoms with Crippen molar-refractivity contribution in [1.29, 1.82) is 0 Å². The second kappa shape index (κ2) is 9.32. The summed E-state index contributed by atoms with van der Waals surface area (Å²) < 4.78 is 43.1. The number of piperidine rings is 1. The van der Waals surface area contributed by atoms with Gasteiger partial charge in [-0.05, 0) is 37.7 Å². The third kappa shape index (κ3) is 5.77. The van der Waals surface area contributed by atoms with Crippen LogP contribution >= 0.6 is 0 Å². The Morgan fingerprint density at radius 1 is 1.37 bits per heavy atom. The molecule has 1 spiro atoms. The van der Waals surface area contributed by atoms with E-state index in [-0.39, 0.29) is 5.60 Å². The average molecular weight is 391 g/mol. The molecule has 2 aliphatic heterocycles. The predicted molar refractivity (Wildman–Crippen MR) is 90.5 cm³/mol. The number of anilines is 1. The minimum absolute atomic E-state index is 0.0732. The Labute approximate surface area is 155 Å². The Balaban J connectivity index is 0.000000321. The maximum atomic E-state index is 10.6. The van der Waals surface area contributed by atoms with Crippen LogP contribution in [0.5, 0.6) is 0 Å². The summed E-state index contributed by atoms with van der Waals surface area (Å²) in [5.74, 6) is -1.28. The van der Waals surface area contributed by atoms with Crippen LogP contribution in [0.2, 0.25) is 0 Å². The van der Waals surface area contributed by atoms with E-state index in [4.69, 9.17) is 19.4 Å². The van der Waals surface area contributed by atoms with Crippen molar-refractivity contribution in [3.8, 4) is 0 Å². The van der Waals surface area contributed by atoms with Crippen LogP contribution in [-0.4, -0.2) is 66.2 Å². The van der Waals surface area contributed by atoms with Crippen LogP contribution in [0, 0.1) is 5.92 Å². The van der Waals surface area contributed by atoms with Crippen LogP contribution < -0.4 is 4.90 Å². The largest absolute Gasteiger partial charge is 0.490 e. The standard InChI is InChI=1S/C15H23N3O2.C2HF3O2/c1-19-11-3-13-4-12-20-15(13)5-9-18(10-6-15)14-16-7-2-8-17-14;3-2(4,5)1(6)7/h2,7-8,13H,3-6,9-12H2,1H3;(H,6,7). The van der Waals surface area contributed by atoms with Crippen molar-refractivity contribution in [2.24, 2.45) is 5.92 Å². The van der Waals surface area contributed by atoms with E-state index in [1.807, 2.05) is 6.07 Å². The van der Waals surface area contributed by atoms with Gasteiger partial charge >= 0.3 is 12.1 Å². The van der Waals surface area contributed by atoms with Gasteiger partial charge in [0.15, 0.2) is 0 Å². The van der Waals surface area contributed by atoms with Gasteiger partial charge in [-0.1, -0.05) is 0 Å². The van der Waals surface area contributed by atoms with Crippen LogP contribution in [0.3, 0.4) is 0 Å². The smallest absolute Gasteiger partial charge is 0.475 e. The zero-order valence-electron chi connectivity index (χ0n) is 15.1. The number of ether oxygens (including phenoxy) is 2. The van der Waals surface area contributed by atoms with Crippen LogP contribution in [0.4, 0.5) is 19.1 Å². The highest BCUT2D eigenvalue weighted by atomic mass is 19.4. The molecule has 0 bridgehead atoms. The van der Waals surface area contributed by atoms with Crippen molar-refractivity contribution in [1.82, 2.24) is 9.97 Å². The highest BCUT2D eigenvalue weighted by Gasteiger charge is 2.46. The Bertz CT molecular complexity index is 593. The first-order valence-corrected chi connectivity index (χ1v) is 8.73. The van der Waals surface area contributed by atoms with Crippen molar-refractivity contribution >= 4 is 11.9 Å². The molecule has 1 aromatic heterocycles. The molecule has 0 saturated carbocycles. The second-order valence-corrected chi connectivity index (χ2v) is 6.52. The molecule has 1 atom stereocenters. The average Bonchev–Trinajstić information content (AvgIpc) is 3.03. The molecule has 0 aromatic carbocycles. The maximum Gasteiger partial charge on any atom is 0.490 e. The Morgan fingerprint density at radius 3 is 2.48 bits per heavy atom. The van der Waals surface area contributed by atoms with Crippen LogP contribution in [0.1, 0.15) is 25.7 Å². The number of alkyl halides is 3. The van der Waals surface area contributed by atoms with Crippen molar-refractivity contribution in [2.75, 3.05) is 38.3 Å². The molecule has 1 aromatic rings. The van der Waals surface area contributed by atoms with E-state index < -0.39 is 12.1 Å². The number of carboxylic acid groups (broad SMARTS) is 1. The summed E-state index contributed by atoms with van der Waals surface area (Å²) in [5.41, 5.74) is 0.0732. The highest BCUT2D eigenvalue weighted by Crippen LogP contribution is 2.42. The lowest BCUT2D eigenvalue weighted by atomic mass is 9.78. The quantitative estimate of drug-likeness (QED) is 0.844. The first kappa shape index (κ1) is 21.4. The number of rotatable bonds is 4. The van der Waals surface area contributed by atoms with Crippen molar-refractivity contribution in [2.45, 2.75) is 37.5 Å². The summed E-state index contributed by atoms with van der Waals surface area (Å²) in [6.45, 7) is 3.69. The minimum Gasteiger partial charge on any atom is -0.475 e. The molecule has 152 valence electrons. The second-order valence-electron chi connectivity index (χ2n) is 6.52. The maximum absolute atomic E-state index is 10.6. The van der Waals surface area contributed by atoms with Crippen LogP contribution in [0.25, 0.3) is 0 Å². The molecule has 27 heavy (non-hydrogen) atoms. The number of halogens is 3. The monoisotopic (exact) mass is 391 g/mol. The first-order valence-electron chi connectivity index (χ1n) is 8.73. The molecule has 7 nitrogen and oxygen atoms in total. The predicted octanol–water partition coefficient (Wildman–Crippen LogP) is 2.52. The molecular weight excluding hydrogens is 367 g/mol. The molecule has 10 heteroatoms. The van der Waals surface area contributed by atoms with Crippen LogP contribution in [-0.2, 0) is 14.3 Å². The summed E-state index contributed by atoms with van der Waals surface area (Å²) in [6, 6.07) is 1.86. The van der Waals surface area contributed by atoms with Gasteiger partial charge in [-0.2, -0.15) is 13.2 Å². The van der Waals surface area contributed by atoms with E-state index in [0.29, 0.717) is 5.92 Å². The SMILES string of the molecule is COCCC1CCOC12CCN(c1ncccn1)CC2.O=C(O)C(F)(F)F. The number of carbonyl (C=O) groups is 1. The molecule has 2 fully saturated rings. The fraction of sp³-hybridized carbons (Fsp3) is 0.706. The summed E-state index contributed by atoms with van der Waals surface area (Å²) in [4.78, 5) is 19.8. The van der Waals surface area contributed by atoms with Gasteiger partial charge < -0.3 is 19.5 Å². The van der Waals surface area contributed by atoms with E-state index in [9.17, 15) is 13.2 Å². The molecule has 2 aliphatic rings. The minimum atomic E-state index is -5.08. The van der Waals surface area contributed by atoms with Gasteiger partial charge in [0.25, 0.3) is 0 Å². The molecule has 3 heterocycles. The highest BCUT2D eigenvalue weighted by molar-refractivity contribution is 5.73. The van der Waals surface area contributed by atoms with E-state index >= 15 is 0 Å². The van der Waals surface area contributed by atoms with Gasteiger partial charge in [0.05, 0.1) is 5.60 Å². The summed E-state index contributed by atoms with van der Waals surface area (Å²) in [5, 5.41) is 7.12. The lowest BCUT2D eigenvalue weighted by Crippen LogP contribution is -2.48. The number of carboxylic acids is 1. The normalized spacial score (nSPS) is 21.6. The molecular formula is C17H24F3N3O4. The molecule has 0 amide bonds. The number of aromatic nitrogens is 2. The van der Waals surface area contributed by atoms with Gasteiger partial charge in [0, 0.05) is 45.8 Å². The summed E-state index contributed by atoms with van der Waals surface area (Å²) in [6.07, 6.45) is 2.95. The summed E-state index contributed by atoms with van der Waals surface area (Å²) >= 11 is 0. The first-order chi connectivity index (χ1) is 12.8. The Hall–Kier alpha value is -1.94. The van der Waals surface area contributed by atoms with Gasteiger partial charge in [-0.3, -0.25) is 0 Å². The van der Waals surface area contributed by atoms with Crippen LogP contribution in [0.15, 0.2) is 18.5 Å². The number of hydrogen-bond acceptors (Lipinski definition) is 6.